The van der Waals surface area contributed by atoms with E-state index in [1.807, 2.05) is 16.8 Å². The van der Waals surface area contributed by atoms with Gasteiger partial charge in [0.1, 0.15) is 10.0 Å². The molecule has 0 spiro atoms. The van der Waals surface area contributed by atoms with Crippen molar-refractivity contribution in [2.75, 3.05) is 66.1 Å². The van der Waals surface area contributed by atoms with Crippen LogP contribution in [0.5, 0.6) is 0 Å². The number of thiazole rings is 2. The molecule has 3 aromatic rings. The number of nitrogens with zero attached hydrogens (tertiary/aromatic N) is 2. The van der Waals surface area contributed by atoms with E-state index >= 15 is 0 Å². The van der Waals surface area contributed by atoms with Gasteiger partial charge in [-0.25, -0.2) is 9.97 Å². The van der Waals surface area contributed by atoms with Gasteiger partial charge in [0.15, 0.2) is 0 Å². The summed E-state index contributed by atoms with van der Waals surface area (Å²) < 4.78 is 33.5. The zero-order chi connectivity index (χ0) is 23.3. The van der Waals surface area contributed by atoms with Crippen molar-refractivity contribution in [3.63, 3.8) is 0 Å². The Labute approximate surface area is 207 Å². The molecule has 0 atom stereocenters. The van der Waals surface area contributed by atoms with Crippen molar-refractivity contribution in [3.05, 3.63) is 46.4 Å². The fourth-order valence-corrected chi connectivity index (χ4v) is 4.75. The van der Waals surface area contributed by atoms with Crippen LogP contribution in [-0.2, 0) is 41.6 Å². The van der Waals surface area contributed by atoms with E-state index in [1.54, 1.807) is 22.7 Å². The monoisotopic (exact) mass is 506 g/mol. The Kier molecular flexibility index (Phi) is 10.9. The third kappa shape index (κ3) is 8.47. The summed E-state index contributed by atoms with van der Waals surface area (Å²) in [6.07, 6.45) is 0. The average molecular weight is 507 g/mol. The van der Waals surface area contributed by atoms with Crippen molar-refractivity contribution in [2.24, 2.45) is 0 Å². The predicted octanol–water partition coefficient (Wildman–Crippen LogP) is 4.05. The lowest BCUT2D eigenvalue weighted by atomic mass is 10.1. The number of hydrogen-bond acceptors (Lipinski definition) is 10. The van der Waals surface area contributed by atoms with Gasteiger partial charge in [0.05, 0.1) is 90.7 Å². The summed E-state index contributed by atoms with van der Waals surface area (Å²) in [5.41, 5.74) is 3.99. The van der Waals surface area contributed by atoms with Crippen LogP contribution in [0.3, 0.4) is 0 Å². The quantitative estimate of drug-likeness (QED) is 0.452. The molecule has 3 heterocycles. The molecule has 6 bridgehead atoms. The van der Waals surface area contributed by atoms with Gasteiger partial charge in [-0.05, 0) is 6.07 Å². The van der Waals surface area contributed by atoms with E-state index in [2.05, 4.69) is 18.2 Å². The van der Waals surface area contributed by atoms with Crippen LogP contribution in [0.15, 0.2) is 35.0 Å². The highest BCUT2D eigenvalue weighted by Gasteiger charge is 2.10. The van der Waals surface area contributed by atoms with Gasteiger partial charge in [-0.2, -0.15) is 0 Å². The summed E-state index contributed by atoms with van der Waals surface area (Å²) in [4.78, 5) is 9.46. The van der Waals surface area contributed by atoms with Gasteiger partial charge in [-0.15, -0.1) is 22.7 Å². The smallest absolute Gasteiger partial charge is 0.123 e. The Morgan fingerprint density at radius 3 is 1.32 bits per heavy atom. The van der Waals surface area contributed by atoms with Gasteiger partial charge in [0.2, 0.25) is 0 Å². The van der Waals surface area contributed by atoms with E-state index in [-0.39, 0.29) is 0 Å². The number of fused-ring (bicyclic) bond motifs is 8. The van der Waals surface area contributed by atoms with Crippen molar-refractivity contribution < 1.29 is 28.4 Å². The lowest BCUT2D eigenvalue weighted by Crippen LogP contribution is -2.14. The van der Waals surface area contributed by atoms with Gasteiger partial charge >= 0.3 is 0 Å². The van der Waals surface area contributed by atoms with E-state index in [0.717, 1.165) is 32.5 Å². The molecule has 2 aromatic heterocycles. The first-order chi connectivity index (χ1) is 16.9. The largest absolute Gasteiger partial charge is 0.377 e. The van der Waals surface area contributed by atoms with Gasteiger partial charge in [-0.1, -0.05) is 18.2 Å². The lowest BCUT2D eigenvalue weighted by molar-refractivity contribution is -0.0187. The Morgan fingerprint density at radius 2 is 0.912 bits per heavy atom. The third-order valence-electron chi connectivity index (χ3n) is 4.82. The highest BCUT2D eigenvalue weighted by Crippen LogP contribution is 2.30. The molecule has 0 aliphatic carbocycles. The highest BCUT2D eigenvalue weighted by atomic mass is 32.1. The minimum atomic E-state index is 0.465. The van der Waals surface area contributed by atoms with Crippen LogP contribution in [-0.4, -0.2) is 76.0 Å². The van der Waals surface area contributed by atoms with E-state index < -0.39 is 0 Å². The van der Waals surface area contributed by atoms with E-state index in [1.165, 1.54) is 0 Å². The number of ether oxygens (including phenoxy) is 6. The van der Waals surface area contributed by atoms with Crippen molar-refractivity contribution in [1.82, 2.24) is 9.97 Å². The number of hydrogen-bond donors (Lipinski definition) is 0. The minimum Gasteiger partial charge on any atom is -0.377 e. The zero-order valence-corrected chi connectivity index (χ0v) is 20.7. The Balaban J connectivity index is 1.35. The first-order valence-electron chi connectivity index (χ1n) is 11.3. The molecule has 10 heteroatoms. The molecule has 0 amide bonds. The second-order valence-electron chi connectivity index (χ2n) is 7.42. The maximum absolute atomic E-state index is 5.70. The molecule has 0 fully saturated rings. The van der Waals surface area contributed by atoms with Crippen LogP contribution >= 0.6 is 22.7 Å². The molecular formula is C24H30N2O6S2. The van der Waals surface area contributed by atoms with Crippen molar-refractivity contribution in [3.8, 4) is 21.1 Å². The maximum Gasteiger partial charge on any atom is 0.123 e. The fraction of sp³-hybridized carbons (Fsp3) is 0.500. The van der Waals surface area contributed by atoms with Crippen molar-refractivity contribution in [2.45, 2.75) is 13.2 Å². The Morgan fingerprint density at radius 1 is 0.529 bits per heavy atom. The molecule has 1 aromatic carbocycles. The van der Waals surface area contributed by atoms with Crippen LogP contribution in [0.4, 0.5) is 0 Å². The summed E-state index contributed by atoms with van der Waals surface area (Å²) in [6, 6.07) is 8.32. The molecule has 1 aliphatic rings. The van der Waals surface area contributed by atoms with Gasteiger partial charge < -0.3 is 28.4 Å². The molecule has 4 rings (SSSR count). The fourth-order valence-electron chi connectivity index (χ4n) is 3.15. The average Bonchev–Trinajstić information content (AvgIpc) is 3.53. The van der Waals surface area contributed by atoms with Crippen LogP contribution in [0.2, 0.25) is 0 Å². The number of aromatic nitrogens is 2. The molecule has 0 saturated heterocycles. The molecule has 1 aliphatic heterocycles. The molecule has 0 saturated carbocycles. The summed E-state index contributed by atoms with van der Waals surface area (Å²) in [6.45, 7) is 6.21. The van der Waals surface area contributed by atoms with Gasteiger partial charge in [0, 0.05) is 21.9 Å². The third-order valence-corrected chi connectivity index (χ3v) is 6.70. The van der Waals surface area contributed by atoms with E-state index in [0.29, 0.717) is 79.3 Å². The summed E-state index contributed by atoms with van der Waals surface area (Å²) in [5.74, 6) is 0. The van der Waals surface area contributed by atoms with Crippen LogP contribution < -0.4 is 0 Å². The Bertz CT molecular complexity index is 906. The predicted molar refractivity (Wildman–Crippen MR) is 131 cm³/mol. The minimum absolute atomic E-state index is 0.465. The summed E-state index contributed by atoms with van der Waals surface area (Å²) in [7, 11) is 0. The van der Waals surface area contributed by atoms with Gasteiger partial charge in [-0.3, -0.25) is 0 Å². The van der Waals surface area contributed by atoms with E-state index in [4.69, 9.17) is 38.4 Å². The van der Waals surface area contributed by atoms with E-state index in [9.17, 15) is 0 Å². The second-order valence-corrected chi connectivity index (χ2v) is 9.14. The summed E-state index contributed by atoms with van der Waals surface area (Å²) >= 11 is 3.23. The van der Waals surface area contributed by atoms with Crippen LogP contribution in [0.25, 0.3) is 21.1 Å². The zero-order valence-electron chi connectivity index (χ0n) is 19.1. The second kappa shape index (κ2) is 14.6. The first kappa shape index (κ1) is 25.3. The topological polar surface area (TPSA) is 81.2 Å². The molecular weight excluding hydrogens is 476 g/mol. The first-order valence-corrected chi connectivity index (χ1v) is 13.1. The maximum atomic E-state index is 5.70. The Hall–Kier alpha value is -1.76. The molecule has 34 heavy (non-hydrogen) atoms. The van der Waals surface area contributed by atoms with Crippen LogP contribution in [0, 0.1) is 0 Å². The van der Waals surface area contributed by atoms with Gasteiger partial charge in [0.25, 0.3) is 0 Å². The standard InChI is InChI=1S/C24H30N2O6S2/c1-2-19-14-20(3-1)24-26-22(18-34-24)16-32-13-11-30-9-7-28-5-4-27-6-8-29-10-12-31-15-21-17-33-23(19)25-21/h1-3,14,17-18H,4-13,15-16H2. The van der Waals surface area contributed by atoms with Crippen molar-refractivity contribution in [1.29, 1.82) is 0 Å². The molecule has 8 nitrogen and oxygen atoms in total. The van der Waals surface area contributed by atoms with Crippen molar-refractivity contribution >= 4 is 22.7 Å². The molecule has 0 N–H and O–H groups in total. The highest BCUT2D eigenvalue weighted by molar-refractivity contribution is 7.13. The molecule has 184 valence electrons. The molecule has 0 unspecified atom stereocenters. The SMILES string of the molecule is c1cc2cc(c1)-c1nc(cs1)COCCOCCOCCOCCOCCOCc1csc-2n1. The normalized spacial score (nSPS) is 18.2. The number of benzene rings is 1. The number of rotatable bonds is 0. The summed E-state index contributed by atoms with van der Waals surface area (Å²) in [5, 5.41) is 6.01. The lowest BCUT2D eigenvalue weighted by Gasteiger charge is -2.08. The van der Waals surface area contributed by atoms with Crippen LogP contribution in [0.1, 0.15) is 11.4 Å². The molecule has 0 radical (unpaired) electrons.